The molecule has 1 aromatic rings. The summed E-state index contributed by atoms with van der Waals surface area (Å²) in [4.78, 5) is 0. The smallest absolute Gasteiger partial charge is 0.110 e. The summed E-state index contributed by atoms with van der Waals surface area (Å²) in [7, 11) is 0. The predicted octanol–water partition coefficient (Wildman–Crippen LogP) is 6.73. The zero-order valence-electron chi connectivity index (χ0n) is 11.7. The summed E-state index contributed by atoms with van der Waals surface area (Å²) in [5.74, 6) is 2.26. The monoisotopic (exact) mass is 456 g/mol. The van der Waals surface area contributed by atoms with Crippen molar-refractivity contribution in [2.45, 2.75) is 13.8 Å². The quantitative estimate of drug-likeness (QED) is 0.454. The molecule has 0 amide bonds. The molecule has 0 atom stereocenters. The van der Waals surface area contributed by atoms with Crippen molar-refractivity contribution >= 4 is 114 Å². The first-order chi connectivity index (χ1) is 10.7. The summed E-state index contributed by atoms with van der Waals surface area (Å²) in [5.41, 5.74) is 0. The van der Waals surface area contributed by atoms with E-state index in [0.717, 1.165) is 15.3 Å². The van der Waals surface area contributed by atoms with Crippen molar-refractivity contribution in [1.29, 1.82) is 0 Å². The van der Waals surface area contributed by atoms with Gasteiger partial charge in [-0.05, 0) is 22.3 Å². The SMILES string of the molecule is CCSC1=C(SCC)SC(=c2sc(=S)c(=C3SC=CS3)s2)S1. The Bertz CT molecular complexity index is 762. The van der Waals surface area contributed by atoms with Gasteiger partial charge in [-0.1, -0.05) is 73.1 Å². The van der Waals surface area contributed by atoms with Crippen LogP contribution in [-0.4, -0.2) is 11.5 Å². The lowest BCUT2D eigenvalue weighted by molar-refractivity contribution is 1.53. The zero-order valence-corrected chi connectivity index (χ0v) is 19.1. The maximum atomic E-state index is 5.60. The van der Waals surface area contributed by atoms with E-state index in [1.54, 1.807) is 34.9 Å². The van der Waals surface area contributed by atoms with Gasteiger partial charge in [0.15, 0.2) is 0 Å². The van der Waals surface area contributed by atoms with Crippen molar-refractivity contribution in [3.8, 4) is 0 Å². The Morgan fingerprint density at radius 3 is 2.05 bits per heavy atom. The Balaban J connectivity index is 1.98. The number of hydrogen-bond donors (Lipinski definition) is 0. The number of thioether (sulfide) groups is 6. The minimum atomic E-state index is 1.04. The van der Waals surface area contributed by atoms with Gasteiger partial charge in [0.1, 0.15) is 7.67 Å². The molecule has 2 aliphatic heterocycles. The lowest BCUT2D eigenvalue weighted by Gasteiger charge is -1.99. The Hall–Kier alpha value is 1.59. The first-order valence-electron chi connectivity index (χ1n) is 6.45. The first-order valence-corrected chi connectivity index (χ1v) is 13.9. The maximum Gasteiger partial charge on any atom is 0.110 e. The highest BCUT2D eigenvalue weighted by Gasteiger charge is 2.23. The number of hydrogen-bond acceptors (Lipinski definition) is 9. The second kappa shape index (κ2) is 8.80. The molecule has 0 aliphatic carbocycles. The third-order valence-corrected chi connectivity index (χ3v) is 13.6. The molecule has 3 heterocycles. The molecule has 0 N–H and O–H groups in total. The largest absolute Gasteiger partial charge is 0.119 e. The fraction of sp³-hybridized carbons (Fsp3) is 0.308. The van der Waals surface area contributed by atoms with Crippen LogP contribution >= 0.6 is 105 Å². The average molecular weight is 457 g/mol. The highest BCUT2D eigenvalue weighted by atomic mass is 32.3. The zero-order chi connectivity index (χ0) is 15.5. The number of rotatable bonds is 4. The predicted molar refractivity (Wildman–Crippen MR) is 122 cm³/mol. The summed E-state index contributed by atoms with van der Waals surface area (Å²) >= 11 is 20.6. The fourth-order valence-electron chi connectivity index (χ4n) is 1.60. The van der Waals surface area contributed by atoms with Crippen LogP contribution in [0.25, 0.3) is 8.47 Å². The molecule has 0 unspecified atom stereocenters. The molecule has 9 heteroatoms. The van der Waals surface area contributed by atoms with Crippen molar-refractivity contribution in [3.63, 3.8) is 0 Å². The van der Waals surface area contributed by atoms with Crippen molar-refractivity contribution in [1.82, 2.24) is 0 Å². The van der Waals surface area contributed by atoms with Crippen LogP contribution in [0.15, 0.2) is 19.3 Å². The molecule has 0 nitrogen and oxygen atoms in total. The van der Waals surface area contributed by atoms with Crippen LogP contribution in [0, 0.1) is 3.82 Å². The van der Waals surface area contributed by atoms with Gasteiger partial charge in [0.25, 0.3) is 0 Å². The van der Waals surface area contributed by atoms with Crippen LogP contribution in [0.1, 0.15) is 13.8 Å². The van der Waals surface area contributed by atoms with E-state index in [1.807, 2.05) is 58.4 Å². The Kier molecular flexibility index (Phi) is 7.35. The van der Waals surface area contributed by atoms with Crippen molar-refractivity contribution in [2.75, 3.05) is 11.5 Å². The molecule has 0 fully saturated rings. The van der Waals surface area contributed by atoms with E-state index in [4.69, 9.17) is 12.2 Å². The Labute approximate surface area is 169 Å². The minimum Gasteiger partial charge on any atom is -0.119 e. The van der Waals surface area contributed by atoms with Gasteiger partial charge in [-0.25, -0.2) is 0 Å². The average Bonchev–Trinajstić information content (AvgIpc) is 3.20. The summed E-state index contributed by atoms with van der Waals surface area (Å²) in [5, 5.41) is 4.27. The van der Waals surface area contributed by atoms with E-state index in [-0.39, 0.29) is 0 Å². The second-order valence-electron chi connectivity index (χ2n) is 3.84. The summed E-state index contributed by atoms with van der Waals surface area (Å²) < 4.78 is 9.39. The van der Waals surface area contributed by atoms with Crippen molar-refractivity contribution in [3.05, 3.63) is 31.5 Å². The lowest BCUT2D eigenvalue weighted by Crippen LogP contribution is -1.95. The van der Waals surface area contributed by atoms with E-state index in [1.165, 1.54) is 25.3 Å². The molecule has 3 rings (SSSR count). The van der Waals surface area contributed by atoms with Crippen LogP contribution in [0.2, 0.25) is 0 Å². The van der Waals surface area contributed by atoms with Gasteiger partial charge in [0.05, 0.1) is 21.5 Å². The Morgan fingerprint density at radius 1 is 0.909 bits per heavy atom. The second-order valence-corrected chi connectivity index (χ2v) is 14.3. The summed E-state index contributed by atoms with van der Waals surface area (Å²) in [6.07, 6.45) is 0. The molecular formula is C13H12S9. The van der Waals surface area contributed by atoms with Gasteiger partial charge in [-0.3, -0.25) is 0 Å². The molecule has 0 radical (unpaired) electrons. The molecule has 2 aliphatic rings. The lowest BCUT2D eigenvalue weighted by atomic mass is 10.9. The van der Waals surface area contributed by atoms with Crippen LogP contribution in [0.3, 0.4) is 0 Å². The fourth-order valence-corrected chi connectivity index (χ4v) is 12.8. The van der Waals surface area contributed by atoms with Crippen LogP contribution in [0.5, 0.6) is 0 Å². The normalized spacial score (nSPS) is 18.1. The molecular weight excluding hydrogens is 445 g/mol. The van der Waals surface area contributed by atoms with Crippen molar-refractivity contribution < 1.29 is 0 Å². The van der Waals surface area contributed by atoms with Gasteiger partial charge in [0.2, 0.25) is 0 Å². The van der Waals surface area contributed by atoms with Gasteiger partial charge >= 0.3 is 0 Å². The maximum absolute atomic E-state index is 5.60. The molecule has 118 valence electrons. The summed E-state index contributed by atoms with van der Waals surface area (Å²) in [6.45, 7) is 4.45. The topological polar surface area (TPSA) is 0 Å². The van der Waals surface area contributed by atoms with E-state index in [2.05, 4.69) is 24.7 Å². The first kappa shape index (κ1) is 18.4. The van der Waals surface area contributed by atoms with Gasteiger partial charge in [0, 0.05) is 0 Å². The molecule has 22 heavy (non-hydrogen) atoms. The molecule has 0 bridgehead atoms. The Morgan fingerprint density at radius 2 is 1.50 bits per heavy atom. The molecule has 0 spiro atoms. The van der Waals surface area contributed by atoms with Gasteiger partial charge in [-0.2, -0.15) is 0 Å². The highest BCUT2D eigenvalue weighted by molar-refractivity contribution is 8.45. The molecule has 0 aromatic carbocycles. The third-order valence-electron chi connectivity index (χ3n) is 2.41. The highest BCUT2D eigenvalue weighted by Crippen LogP contribution is 2.57. The molecule has 0 saturated carbocycles. The van der Waals surface area contributed by atoms with E-state index in [9.17, 15) is 0 Å². The van der Waals surface area contributed by atoms with Gasteiger partial charge < -0.3 is 0 Å². The van der Waals surface area contributed by atoms with Gasteiger partial charge in [-0.15, -0.1) is 46.2 Å². The van der Waals surface area contributed by atoms with E-state index >= 15 is 0 Å². The van der Waals surface area contributed by atoms with Crippen LogP contribution in [-0.2, 0) is 0 Å². The third kappa shape index (κ3) is 4.22. The molecule has 1 aromatic heterocycles. The van der Waals surface area contributed by atoms with E-state index in [0.29, 0.717) is 0 Å². The van der Waals surface area contributed by atoms with Crippen LogP contribution < -0.4 is 8.38 Å². The standard InChI is InChI=1S/C13H12S9/c1-3-15-10-11(16-4-2)22-13(21-10)12-19-7(8(14)20-12)9-17-5-6-18-9/h5-6H,3-4H2,1-2H3. The van der Waals surface area contributed by atoms with Crippen molar-refractivity contribution in [2.24, 2.45) is 0 Å². The summed E-state index contributed by atoms with van der Waals surface area (Å²) in [6, 6.07) is 0. The minimum absolute atomic E-state index is 1.04. The molecule has 0 saturated heterocycles. The van der Waals surface area contributed by atoms with Crippen LogP contribution in [0.4, 0.5) is 0 Å². The van der Waals surface area contributed by atoms with E-state index < -0.39 is 0 Å².